The Morgan fingerprint density at radius 1 is 0.792 bits per heavy atom. The number of hydrogen-bond acceptors (Lipinski definition) is 17. The predicted octanol–water partition coefficient (Wildman–Crippen LogP) is 1.09. The molecule has 0 unspecified atom stereocenters. The van der Waals surface area contributed by atoms with E-state index >= 15 is 0 Å². The Morgan fingerprint density at radius 2 is 1.21 bits per heavy atom. The molecule has 16 nitrogen and oxygen atoms in total. The number of rotatable bonds is 10. The second-order valence-corrected chi connectivity index (χ2v) is 10.1. The van der Waals surface area contributed by atoms with Crippen LogP contribution in [0.2, 0.25) is 0 Å². The number of carbonyl (C=O) groups is 4. The van der Waals surface area contributed by atoms with Crippen LogP contribution in [0.4, 0.5) is 0 Å². The molecule has 0 aliphatic heterocycles. The Morgan fingerprint density at radius 3 is 1.54 bits per heavy atom. The third-order valence-corrected chi connectivity index (χ3v) is 7.29. The van der Waals surface area contributed by atoms with Gasteiger partial charge in [-0.2, -0.15) is 15.2 Å². The van der Waals surface area contributed by atoms with Gasteiger partial charge < -0.3 is 43.8 Å². The molecule has 0 atom stereocenters. The maximum Gasteiger partial charge on any atom is 1.00 e. The summed E-state index contributed by atoms with van der Waals surface area (Å²) in [6.07, 6.45) is 0.846. The first-order valence-electron chi connectivity index (χ1n) is 12.6. The third kappa shape index (κ3) is 14.2. The van der Waals surface area contributed by atoms with Crippen LogP contribution < -0.4 is 70.3 Å². The van der Waals surface area contributed by atoms with Crippen LogP contribution in [0, 0.1) is 11.3 Å². The van der Waals surface area contributed by atoms with E-state index < -0.39 is 17.9 Å². The molecule has 254 valence electrons. The molecule has 0 saturated heterocycles. The van der Waals surface area contributed by atoms with Crippen molar-refractivity contribution in [3.63, 3.8) is 0 Å². The molecule has 2 N–H and O–H groups in total. The quantitative estimate of drug-likeness (QED) is 0.0789. The number of hydrogen-bond donors (Lipinski definition) is 1. The first-order valence-corrected chi connectivity index (χ1v) is 14.2. The molecule has 0 fully saturated rings. The van der Waals surface area contributed by atoms with Gasteiger partial charge in [0, 0.05) is 17.7 Å². The molecule has 4 aromatic heterocycles. The van der Waals surface area contributed by atoms with Gasteiger partial charge in [0.1, 0.15) is 21.0 Å². The fourth-order valence-electron chi connectivity index (χ4n) is 3.12. The summed E-state index contributed by atoms with van der Waals surface area (Å²) < 4.78 is 29.0. The van der Waals surface area contributed by atoms with Crippen LogP contribution in [0.1, 0.15) is 39.1 Å². The Bertz CT molecular complexity index is 1640. The molecule has 0 aromatic carbocycles. The maximum absolute atomic E-state index is 11.9. The van der Waals surface area contributed by atoms with Crippen LogP contribution in [0.3, 0.4) is 0 Å². The summed E-state index contributed by atoms with van der Waals surface area (Å²) in [5, 5.41) is 17.7. The van der Waals surface area contributed by atoms with E-state index in [4.69, 9.17) is 29.3 Å². The molecule has 4 aromatic rings. The number of fused-ring (bicyclic) bond motifs is 2. The van der Waals surface area contributed by atoms with E-state index in [0.717, 1.165) is 22.1 Å². The zero-order valence-electron chi connectivity index (χ0n) is 27.3. The van der Waals surface area contributed by atoms with Crippen LogP contribution in [-0.2, 0) is 23.9 Å². The number of thiophene rings is 2. The first kappa shape index (κ1) is 46.4. The minimum atomic E-state index is -0.957. The van der Waals surface area contributed by atoms with Gasteiger partial charge in [-0.25, -0.2) is 4.79 Å². The number of methoxy groups -OCH3 is 6. The number of esters is 2. The zero-order chi connectivity index (χ0) is 34.8. The van der Waals surface area contributed by atoms with Crippen molar-refractivity contribution >= 4 is 73.1 Å². The predicted molar refractivity (Wildman–Crippen MR) is 169 cm³/mol. The summed E-state index contributed by atoms with van der Waals surface area (Å²) in [5.41, 5.74) is 0. The van der Waals surface area contributed by atoms with Crippen LogP contribution in [0.15, 0.2) is 24.3 Å². The molecule has 0 aliphatic rings. The molecule has 0 aliphatic carbocycles. The van der Waals surface area contributed by atoms with Gasteiger partial charge in [-0.3, -0.25) is 20.7 Å². The number of ether oxygens (including phenoxy) is 6. The minimum Gasteiger partial charge on any atom is -0.870 e. The van der Waals surface area contributed by atoms with E-state index in [0.29, 0.717) is 37.8 Å². The molecular formula is C29H31KN3O13S2-. The Balaban J connectivity index is 0. The molecular weight excluding hydrogens is 702 g/mol. The van der Waals surface area contributed by atoms with Gasteiger partial charge >= 0.3 is 63.3 Å². The van der Waals surface area contributed by atoms with Gasteiger partial charge in [0.15, 0.2) is 17.3 Å². The van der Waals surface area contributed by atoms with Gasteiger partial charge in [0.2, 0.25) is 0 Å². The number of pyridine rings is 2. The normalized spacial score (nSPS) is 9.04. The zero-order valence-corrected chi connectivity index (χ0v) is 32.0. The SMILES string of the molecule is CC#N.COC(=O)CC(=O)c1cc2cc(OC)c(OC)nc2s1.COC(=O)C[C-]=O.COc1cc2cc(C(=O)O)sc2nc1OC.[K+].[OH-]. The molecule has 0 bridgehead atoms. The van der Waals surface area contributed by atoms with Crippen molar-refractivity contribution in [3.05, 3.63) is 34.0 Å². The molecule has 0 spiro atoms. The number of carboxylic acid groups (broad SMARTS) is 1. The van der Waals surface area contributed by atoms with Gasteiger partial charge in [0.05, 0.1) is 53.6 Å². The Kier molecular flexibility index (Phi) is 23.6. The standard InChI is InChI=1S/C13H13NO5S.C10H9NO4S.C4H5O3.C2H3N.K.H2O/c1-17-9-4-7-5-10(8(15)6-11(16)18-2)20-13(7)14-12(9)19-3;1-14-6-3-5-4-7(10(12)13)16-9(5)11-8(6)15-2;1-7-4(6)2-3-5;1-2-3;;/h4-5H,6H2,1-3H3;3-4H,1-2H3,(H,12,13);2H2,1H3;1H3;;1H2/q;;-1;;+1;/p-1. The summed E-state index contributed by atoms with van der Waals surface area (Å²) in [6, 6.07) is 8.45. The topological polar surface area (TPSA) is 241 Å². The summed E-state index contributed by atoms with van der Waals surface area (Å²) in [4.78, 5) is 63.5. The van der Waals surface area contributed by atoms with Gasteiger partial charge in [0.25, 0.3) is 17.7 Å². The number of ketones is 1. The molecule has 0 radical (unpaired) electrons. The van der Waals surface area contributed by atoms with Crippen molar-refractivity contribution in [2.75, 3.05) is 42.7 Å². The second-order valence-electron chi connectivity index (χ2n) is 8.01. The van der Waals surface area contributed by atoms with E-state index in [9.17, 15) is 24.0 Å². The summed E-state index contributed by atoms with van der Waals surface area (Å²) in [7, 11) is 8.48. The van der Waals surface area contributed by atoms with Gasteiger partial charge in [-0.05, 0) is 24.3 Å². The van der Waals surface area contributed by atoms with E-state index in [1.807, 2.05) is 0 Å². The van der Waals surface area contributed by atoms with Crippen molar-refractivity contribution < 1.29 is 114 Å². The molecule has 4 rings (SSSR count). The monoisotopic (exact) mass is 732 g/mol. The number of carbonyl (C=O) groups excluding carboxylic acids is 4. The Hall–Kier alpha value is -3.74. The largest absolute Gasteiger partial charge is 1.00 e. The first-order chi connectivity index (χ1) is 22.0. The van der Waals surface area contributed by atoms with Gasteiger partial charge in [-0.1, -0.05) is 6.42 Å². The molecule has 48 heavy (non-hydrogen) atoms. The second kappa shape index (κ2) is 24.4. The summed E-state index contributed by atoms with van der Waals surface area (Å²) in [5.74, 6) is -0.665. The average molecular weight is 733 g/mol. The van der Waals surface area contributed by atoms with Crippen LogP contribution in [0.5, 0.6) is 23.3 Å². The van der Waals surface area contributed by atoms with Crippen molar-refractivity contribution in [1.29, 1.82) is 5.26 Å². The number of aromatic carboxylic acids is 1. The van der Waals surface area contributed by atoms with Crippen LogP contribution in [-0.4, -0.2) is 93.2 Å². The number of nitrogens with zero attached hydrogens (tertiary/aromatic N) is 3. The fourth-order valence-corrected chi connectivity index (χ4v) is 4.91. The van der Waals surface area contributed by atoms with Gasteiger partial charge in [-0.15, -0.1) is 22.7 Å². The molecule has 0 amide bonds. The van der Waals surface area contributed by atoms with E-state index in [2.05, 4.69) is 19.4 Å². The van der Waals surface area contributed by atoms with E-state index in [1.165, 1.54) is 67.2 Å². The number of Topliss-reactive ketones (excluding diaryl/α,β-unsaturated/α-hetero) is 1. The number of aromatic nitrogens is 2. The third-order valence-electron chi connectivity index (χ3n) is 5.17. The smallest absolute Gasteiger partial charge is 0.870 e. The van der Waals surface area contributed by atoms with Crippen molar-refractivity contribution in [2.24, 2.45) is 0 Å². The minimum absolute atomic E-state index is 0. The summed E-state index contributed by atoms with van der Waals surface area (Å²) in [6.45, 7) is 1.43. The van der Waals surface area contributed by atoms with E-state index in [1.54, 1.807) is 30.3 Å². The van der Waals surface area contributed by atoms with Crippen molar-refractivity contribution in [3.8, 4) is 29.3 Å². The average Bonchev–Trinajstić information content (AvgIpc) is 3.68. The molecule has 0 saturated carbocycles. The number of nitriles is 1. The molecule has 4 heterocycles. The Labute approximate surface area is 325 Å². The van der Waals surface area contributed by atoms with Crippen LogP contribution >= 0.6 is 22.7 Å². The summed E-state index contributed by atoms with van der Waals surface area (Å²) >= 11 is 2.31. The number of carboxylic acids is 1. The maximum atomic E-state index is 11.9. The van der Waals surface area contributed by atoms with Crippen LogP contribution in [0.25, 0.3) is 20.4 Å². The van der Waals surface area contributed by atoms with E-state index in [-0.39, 0.29) is 80.4 Å². The van der Waals surface area contributed by atoms with Crippen molar-refractivity contribution in [2.45, 2.75) is 19.8 Å². The fraction of sp³-hybridized carbons (Fsp3) is 0.310. The molecule has 19 heteroatoms. The van der Waals surface area contributed by atoms with Crippen molar-refractivity contribution in [1.82, 2.24) is 9.97 Å².